The first kappa shape index (κ1) is 13.0. The highest BCUT2D eigenvalue weighted by Gasteiger charge is 2.17. The highest BCUT2D eigenvalue weighted by Crippen LogP contribution is 2.08. The van der Waals surface area contributed by atoms with Gasteiger partial charge in [-0.3, -0.25) is 4.79 Å². The number of hydrogen-bond donors (Lipinski definition) is 3. The van der Waals surface area contributed by atoms with E-state index in [-0.39, 0.29) is 30.0 Å². The quantitative estimate of drug-likeness (QED) is 0.305. The number of hydrogen-bond acceptors (Lipinski definition) is 5. The number of nitrogens with one attached hydrogen (secondary N) is 1. The van der Waals surface area contributed by atoms with Gasteiger partial charge in [-0.05, 0) is 6.92 Å². The van der Waals surface area contributed by atoms with Gasteiger partial charge < -0.3 is 20.7 Å². The Kier molecular flexibility index (Phi) is 4.08. The number of carbonyl (C=O) groups excluding carboxylic acids is 1. The van der Waals surface area contributed by atoms with Gasteiger partial charge in [-0.25, -0.2) is 4.98 Å². The normalized spacial score (nSPS) is 13.5. The van der Waals surface area contributed by atoms with E-state index in [2.05, 4.69) is 15.5 Å². The zero-order valence-electron chi connectivity index (χ0n) is 10.0. The molecule has 0 bridgehead atoms. The Morgan fingerprint density at radius 3 is 2.76 bits per heavy atom. The molecule has 1 aromatic rings. The molecule has 0 aliphatic carbocycles. The largest absolute Gasteiger partial charge is 0.436 e. The van der Waals surface area contributed by atoms with Crippen LogP contribution in [0.2, 0.25) is 0 Å². The van der Waals surface area contributed by atoms with E-state index in [0.717, 1.165) is 0 Å². The summed E-state index contributed by atoms with van der Waals surface area (Å²) in [6, 6.07) is 0. The van der Waals surface area contributed by atoms with Crippen molar-refractivity contribution in [2.75, 3.05) is 6.54 Å². The van der Waals surface area contributed by atoms with Gasteiger partial charge in [0.15, 0.2) is 5.89 Å². The molecule has 1 aromatic heterocycles. The maximum absolute atomic E-state index is 11.7. The van der Waals surface area contributed by atoms with Crippen molar-refractivity contribution in [3.63, 3.8) is 0 Å². The van der Waals surface area contributed by atoms with E-state index in [1.165, 1.54) is 0 Å². The minimum absolute atomic E-state index is 0.0655. The zero-order chi connectivity index (χ0) is 13.0. The van der Waals surface area contributed by atoms with Crippen molar-refractivity contribution < 1.29 is 14.4 Å². The van der Waals surface area contributed by atoms with Gasteiger partial charge in [0.1, 0.15) is 5.84 Å². The fourth-order valence-electron chi connectivity index (χ4n) is 1.27. The molecule has 4 N–H and O–H groups in total. The summed E-state index contributed by atoms with van der Waals surface area (Å²) in [7, 11) is 0. The summed E-state index contributed by atoms with van der Waals surface area (Å²) >= 11 is 0. The molecule has 1 atom stereocenters. The Labute approximate surface area is 98.7 Å². The van der Waals surface area contributed by atoms with Crippen molar-refractivity contribution in [2.45, 2.75) is 20.8 Å². The summed E-state index contributed by atoms with van der Waals surface area (Å²) in [5.41, 5.74) is 5.93. The average molecular weight is 240 g/mol. The molecular weight excluding hydrogens is 224 g/mol. The number of rotatable bonds is 4. The second kappa shape index (κ2) is 5.33. The summed E-state index contributed by atoms with van der Waals surface area (Å²) in [4.78, 5) is 15.7. The lowest BCUT2D eigenvalue weighted by Crippen LogP contribution is -2.34. The lowest BCUT2D eigenvalue weighted by atomic mass is 10.1. The molecular formula is C10H16N4O3. The monoisotopic (exact) mass is 240 g/mol. The number of amidine groups is 1. The van der Waals surface area contributed by atoms with Crippen LogP contribution < -0.4 is 11.1 Å². The molecule has 94 valence electrons. The third-order valence-corrected chi connectivity index (χ3v) is 2.30. The van der Waals surface area contributed by atoms with Crippen molar-refractivity contribution in [3.05, 3.63) is 17.3 Å². The van der Waals surface area contributed by atoms with E-state index >= 15 is 0 Å². The van der Waals surface area contributed by atoms with Crippen LogP contribution in [-0.4, -0.2) is 28.5 Å². The molecule has 0 fully saturated rings. The third-order valence-electron chi connectivity index (χ3n) is 2.30. The third kappa shape index (κ3) is 3.20. The van der Waals surface area contributed by atoms with E-state index in [1.54, 1.807) is 20.8 Å². The standard InChI is InChI=1S/C10H16N4O3/c1-5(9(11)14-16)4-12-10(15)8-6(2)13-7(3)17-8/h5,16H,4H2,1-3H3,(H2,11,14)(H,12,15). The molecule has 1 rings (SSSR count). The number of oxazole rings is 1. The van der Waals surface area contributed by atoms with Crippen LogP contribution in [0, 0.1) is 19.8 Å². The molecule has 1 amide bonds. The number of nitrogens with two attached hydrogens (primary N) is 1. The van der Waals surface area contributed by atoms with E-state index in [0.29, 0.717) is 11.6 Å². The lowest BCUT2D eigenvalue weighted by Gasteiger charge is -2.09. The van der Waals surface area contributed by atoms with Crippen molar-refractivity contribution in [1.82, 2.24) is 10.3 Å². The Morgan fingerprint density at radius 2 is 2.29 bits per heavy atom. The van der Waals surface area contributed by atoms with Gasteiger partial charge in [0, 0.05) is 19.4 Å². The van der Waals surface area contributed by atoms with Gasteiger partial charge in [0.05, 0.1) is 5.69 Å². The highest BCUT2D eigenvalue weighted by atomic mass is 16.4. The molecule has 0 saturated heterocycles. The van der Waals surface area contributed by atoms with E-state index in [4.69, 9.17) is 15.4 Å². The van der Waals surface area contributed by atoms with Crippen LogP contribution >= 0.6 is 0 Å². The topological polar surface area (TPSA) is 114 Å². The molecule has 7 nitrogen and oxygen atoms in total. The van der Waals surface area contributed by atoms with Crippen LogP contribution in [0.3, 0.4) is 0 Å². The van der Waals surface area contributed by atoms with Crippen LogP contribution in [0.5, 0.6) is 0 Å². The molecule has 1 heterocycles. The van der Waals surface area contributed by atoms with E-state index in [1.807, 2.05) is 0 Å². The molecule has 0 radical (unpaired) electrons. The molecule has 0 aliphatic heterocycles. The van der Waals surface area contributed by atoms with Crippen molar-refractivity contribution in [1.29, 1.82) is 0 Å². The fraction of sp³-hybridized carbons (Fsp3) is 0.500. The maximum Gasteiger partial charge on any atom is 0.289 e. The lowest BCUT2D eigenvalue weighted by molar-refractivity contribution is 0.0921. The van der Waals surface area contributed by atoms with Crippen LogP contribution in [0.1, 0.15) is 29.1 Å². The van der Waals surface area contributed by atoms with Crippen LogP contribution in [-0.2, 0) is 0 Å². The number of aryl methyl sites for hydroxylation is 2. The minimum Gasteiger partial charge on any atom is -0.436 e. The first-order chi connectivity index (χ1) is 7.95. The predicted molar refractivity (Wildman–Crippen MR) is 60.9 cm³/mol. The van der Waals surface area contributed by atoms with Crippen molar-refractivity contribution in [3.8, 4) is 0 Å². The molecule has 0 saturated carbocycles. The molecule has 0 aliphatic rings. The van der Waals surface area contributed by atoms with Crippen LogP contribution in [0.4, 0.5) is 0 Å². The second-order valence-corrected chi connectivity index (χ2v) is 3.78. The van der Waals surface area contributed by atoms with Gasteiger partial charge in [0.25, 0.3) is 5.91 Å². The average Bonchev–Trinajstić information content (AvgIpc) is 2.63. The number of oxime groups is 1. The second-order valence-electron chi connectivity index (χ2n) is 3.78. The first-order valence-corrected chi connectivity index (χ1v) is 5.15. The first-order valence-electron chi connectivity index (χ1n) is 5.15. The number of amides is 1. The highest BCUT2D eigenvalue weighted by molar-refractivity contribution is 5.92. The molecule has 17 heavy (non-hydrogen) atoms. The summed E-state index contributed by atoms with van der Waals surface area (Å²) in [6.45, 7) is 5.35. The van der Waals surface area contributed by atoms with Gasteiger partial charge in [0.2, 0.25) is 5.76 Å². The summed E-state index contributed by atoms with van der Waals surface area (Å²) < 4.78 is 5.16. The molecule has 1 unspecified atom stereocenters. The number of nitrogens with zero attached hydrogens (tertiary/aromatic N) is 2. The van der Waals surface area contributed by atoms with Gasteiger partial charge >= 0.3 is 0 Å². The van der Waals surface area contributed by atoms with Gasteiger partial charge in [-0.15, -0.1) is 0 Å². The summed E-state index contributed by atoms with van der Waals surface area (Å²) in [5.74, 6) is 0.0797. The molecule has 7 heteroatoms. The predicted octanol–water partition coefficient (Wildman–Crippen LogP) is 0.404. The van der Waals surface area contributed by atoms with Crippen LogP contribution in [0.15, 0.2) is 9.57 Å². The summed E-state index contributed by atoms with van der Waals surface area (Å²) in [6.07, 6.45) is 0. The SMILES string of the molecule is Cc1nc(C)c(C(=O)NCC(C)C(N)=NO)o1. The van der Waals surface area contributed by atoms with Crippen LogP contribution in [0.25, 0.3) is 0 Å². The van der Waals surface area contributed by atoms with Gasteiger partial charge in [-0.1, -0.05) is 12.1 Å². The van der Waals surface area contributed by atoms with E-state index in [9.17, 15) is 4.79 Å². The maximum atomic E-state index is 11.7. The molecule has 0 spiro atoms. The number of carbonyl (C=O) groups is 1. The Bertz CT molecular complexity index is 439. The minimum atomic E-state index is -0.360. The Morgan fingerprint density at radius 1 is 1.65 bits per heavy atom. The zero-order valence-corrected chi connectivity index (χ0v) is 10.0. The Balaban J connectivity index is 2.59. The fourth-order valence-corrected chi connectivity index (χ4v) is 1.27. The van der Waals surface area contributed by atoms with Gasteiger partial charge in [-0.2, -0.15) is 0 Å². The summed E-state index contributed by atoms with van der Waals surface area (Å²) in [5, 5.41) is 13.9. The number of aromatic nitrogens is 1. The Hall–Kier alpha value is -2.05. The van der Waals surface area contributed by atoms with Crippen molar-refractivity contribution in [2.24, 2.45) is 16.8 Å². The van der Waals surface area contributed by atoms with E-state index < -0.39 is 0 Å². The molecule has 0 aromatic carbocycles. The van der Waals surface area contributed by atoms with Crippen molar-refractivity contribution >= 4 is 11.7 Å². The smallest absolute Gasteiger partial charge is 0.289 e.